The molecule has 26 heavy (non-hydrogen) atoms. The van der Waals surface area contributed by atoms with Gasteiger partial charge in [-0.25, -0.2) is 4.99 Å². The van der Waals surface area contributed by atoms with Crippen molar-refractivity contribution in [2.24, 2.45) is 4.99 Å². The third-order valence-electron chi connectivity index (χ3n) is 3.44. The Morgan fingerprint density at radius 1 is 1.31 bits per heavy atom. The molecule has 1 fully saturated rings. The molecule has 132 valence electrons. The molecule has 1 heterocycles. The molecule has 0 aromatic heterocycles. The van der Waals surface area contributed by atoms with E-state index in [1.807, 2.05) is 0 Å². The fourth-order valence-corrected chi connectivity index (χ4v) is 3.23. The van der Waals surface area contributed by atoms with E-state index in [9.17, 15) is 14.9 Å². The van der Waals surface area contributed by atoms with Crippen molar-refractivity contribution in [2.75, 3.05) is 7.11 Å². The number of nitrogens with one attached hydrogen (secondary N) is 1. The number of rotatable bonds is 4. The van der Waals surface area contributed by atoms with Crippen LogP contribution < -0.4 is 10.1 Å². The highest BCUT2D eigenvalue weighted by atomic mass is 35.5. The minimum atomic E-state index is -0.506. The Bertz CT molecular complexity index is 959. The van der Waals surface area contributed by atoms with E-state index in [-0.39, 0.29) is 11.6 Å². The van der Waals surface area contributed by atoms with Crippen LogP contribution >= 0.6 is 23.4 Å². The van der Waals surface area contributed by atoms with Crippen LogP contribution in [0.25, 0.3) is 6.08 Å². The van der Waals surface area contributed by atoms with Gasteiger partial charge in [0.1, 0.15) is 5.75 Å². The number of carbonyl (C=O) groups excluding carboxylic acids is 1. The van der Waals surface area contributed by atoms with Gasteiger partial charge >= 0.3 is 0 Å². The fraction of sp³-hybridized carbons (Fsp3) is 0.0588. The van der Waals surface area contributed by atoms with Crippen molar-refractivity contribution in [2.45, 2.75) is 0 Å². The Balaban J connectivity index is 1.93. The molecule has 0 bridgehead atoms. The average Bonchev–Trinajstić information content (AvgIpc) is 2.96. The first-order chi connectivity index (χ1) is 12.5. The summed E-state index contributed by atoms with van der Waals surface area (Å²) in [7, 11) is 1.45. The number of para-hydroxylation sites is 1. The van der Waals surface area contributed by atoms with Gasteiger partial charge in [0.2, 0.25) is 0 Å². The van der Waals surface area contributed by atoms with Crippen molar-refractivity contribution in [3.05, 3.63) is 68.1 Å². The molecule has 0 radical (unpaired) electrons. The summed E-state index contributed by atoms with van der Waals surface area (Å²) in [4.78, 5) is 27.3. The number of hydrogen-bond donors (Lipinski definition) is 1. The van der Waals surface area contributed by atoms with Crippen molar-refractivity contribution in [1.82, 2.24) is 5.32 Å². The molecule has 1 aliphatic heterocycles. The van der Waals surface area contributed by atoms with E-state index in [1.54, 1.807) is 24.3 Å². The molecule has 1 saturated heterocycles. The number of nitrogens with zero attached hydrogens (tertiary/aromatic N) is 2. The maximum absolute atomic E-state index is 12.2. The van der Waals surface area contributed by atoms with Gasteiger partial charge in [0.25, 0.3) is 11.6 Å². The minimum Gasteiger partial charge on any atom is -0.496 e. The van der Waals surface area contributed by atoms with E-state index in [2.05, 4.69) is 10.3 Å². The number of non-ortho nitro benzene ring substituents is 1. The van der Waals surface area contributed by atoms with Gasteiger partial charge in [-0.3, -0.25) is 14.9 Å². The number of nitro benzene ring substituents is 1. The van der Waals surface area contributed by atoms with Gasteiger partial charge in [0, 0.05) is 17.7 Å². The monoisotopic (exact) mass is 389 g/mol. The van der Waals surface area contributed by atoms with Crippen molar-refractivity contribution in [3.63, 3.8) is 0 Å². The predicted octanol–water partition coefficient (Wildman–Crippen LogP) is 4.15. The molecule has 1 amide bonds. The highest BCUT2D eigenvalue weighted by molar-refractivity contribution is 8.18. The number of hydrogen-bond acceptors (Lipinski definition) is 6. The summed E-state index contributed by atoms with van der Waals surface area (Å²) >= 11 is 7.18. The van der Waals surface area contributed by atoms with Crippen LogP contribution in [0.1, 0.15) is 5.56 Å². The lowest BCUT2D eigenvalue weighted by atomic mass is 10.1. The van der Waals surface area contributed by atoms with Crippen molar-refractivity contribution in [1.29, 1.82) is 0 Å². The number of thioether (sulfide) groups is 1. The molecule has 0 saturated carbocycles. The van der Waals surface area contributed by atoms with Gasteiger partial charge in [-0.15, -0.1) is 0 Å². The summed E-state index contributed by atoms with van der Waals surface area (Å²) in [6.45, 7) is 0. The van der Waals surface area contributed by atoms with Crippen LogP contribution in [0.3, 0.4) is 0 Å². The molecule has 1 N–H and O–H groups in total. The summed E-state index contributed by atoms with van der Waals surface area (Å²) in [6.07, 6.45) is 1.53. The number of nitro groups is 1. The Labute approximate surface area is 157 Å². The third kappa shape index (κ3) is 3.87. The van der Waals surface area contributed by atoms with Crippen molar-refractivity contribution < 1.29 is 14.5 Å². The van der Waals surface area contributed by atoms with Gasteiger partial charge in [-0.2, -0.15) is 0 Å². The van der Waals surface area contributed by atoms with Gasteiger partial charge in [0.05, 0.1) is 27.6 Å². The predicted molar refractivity (Wildman–Crippen MR) is 102 cm³/mol. The standard InChI is InChI=1S/C17H12ClN3O4S/c1-25-14-7-6-11(21(23)24)8-10(14)9-15-16(22)20-17(26-15)19-13-5-3-2-4-12(13)18/h2-9H,1H3,(H,19,20,22). The van der Waals surface area contributed by atoms with E-state index in [4.69, 9.17) is 16.3 Å². The summed E-state index contributed by atoms with van der Waals surface area (Å²) in [5.74, 6) is 0.0716. The summed E-state index contributed by atoms with van der Waals surface area (Å²) < 4.78 is 5.21. The topological polar surface area (TPSA) is 93.8 Å². The van der Waals surface area contributed by atoms with Crippen LogP contribution in [0.15, 0.2) is 52.4 Å². The molecule has 0 atom stereocenters. The average molecular weight is 390 g/mol. The fourth-order valence-electron chi connectivity index (χ4n) is 2.22. The van der Waals surface area contributed by atoms with Crippen molar-refractivity contribution >= 4 is 51.9 Å². The van der Waals surface area contributed by atoms with Gasteiger partial charge in [-0.05, 0) is 36.0 Å². The molecule has 2 aromatic carbocycles. The Hall–Kier alpha value is -2.84. The van der Waals surface area contributed by atoms with Crippen LogP contribution in [0, 0.1) is 10.1 Å². The maximum atomic E-state index is 12.2. The number of ether oxygens (including phenoxy) is 1. The van der Waals surface area contributed by atoms with Crippen LogP contribution in [-0.4, -0.2) is 23.1 Å². The molecule has 2 aromatic rings. The normalized spacial score (nSPS) is 16.8. The molecule has 0 spiro atoms. The maximum Gasteiger partial charge on any atom is 0.270 e. The van der Waals surface area contributed by atoms with E-state index < -0.39 is 4.92 Å². The summed E-state index contributed by atoms with van der Waals surface area (Å²) in [6, 6.07) is 11.2. The number of aliphatic imine (C=N–C) groups is 1. The molecule has 7 nitrogen and oxygen atoms in total. The van der Waals surface area contributed by atoms with E-state index in [0.29, 0.717) is 32.1 Å². The zero-order valence-corrected chi connectivity index (χ0v) is 15.0. The second-order valence-corrected chi connectivity index (χ2v) is 6.55. The van der Waals surface area contributed by atoms with Crippen molar-refractivity contribution in [3.8, 4) is 5.75 Å². The number of methoxy groups -OCH3 is 1. The molecular formula is C17H12ClN3O4S. The summed E-state index contributed by atoms with van der Waals surface area (Å²) in [5, 5.41) is 14.5. The van der Waals surface area contributed by atoms with Crippen LogP contribution in [0.4, 0.5) is 11.4 Å². The van der Waals surface area contributed by atoms with Gasteiger partial charge in [0.15, 0.2) is 5.17 Å². The second-order valence-electron chi connectivity index (χ2n) is 5.12. The quantitative estimate of drug-likeness (QED) is 0.481. The Kier molecular flexibility index (Phi) is 5.24. The number of carbonyl (C=O) groups is 1. The second kappa shape index (κ2) is 7.59. The van der Waals surface area contributed by atoms with Crippen LogP contribution in [-0.2, 0) is 4.79 Å². The molecule has 0 aliphatic carbocycles. The Morgan fingerprint density at radius 3 is 2.77 bits per heavy atom. The van der Waals surface area contributed by atoms with Crippen LogP contribution in [0.5, 0.6) is 5.75 Å². The lowest BCUT2D eigenvalue weighted by molar-refractivity contribution is -0.384. The van der Waals surface area contributed by atoms with E-state index in [1.165, 1.54) is 31.4 Å². The third-order valence-corrected chi connectivity index (χ3v) is 4.67. The first kappa shape index (κ1) is 18.0. The lowest BCUT2D eigenvalue weighted by Gasteiger charge is -2.04. The molecular weight excluding hydrogens is 378 g/mol. The van der Waals surface area contributed by atoms with Gasteiger partial charge in [-0.1, -0.05) is 23.7 Å². The first-order valence-corrected chi connectivity index (χ1v) is 8.54. The molecule has 0 unspecified atom stereocenters. The molecule has 3 rings (SSSR count). The number of halogens is 1. The summed E-state index contributed by atoms with van der Waals surface area (Å²) in [5.41, 5.74) is 0.871. The zero-order valence-electron chi connectivity index (χ0n) is 13.4. The Morgan fingerprint density at radius 2 is 2.08 bits per heavy atom. The van der Waals surface area contributed by atoms with Gasteiger partial charge < -0.3 is 10.1 Å². The first-order valence-electron chi connectivity index (χ1n) is 7.34. The van der Waals surface area contributed by atoms with E-state index in [0.717, 1.165) is 11.8 Å². The molecule has 9 heteroatoms. The number of benzene rings is 2. The zero-order chi connectivity index (χ0) is 18.7. The lowest BCUT2D eigenvalue weighted by Crippen LogP contribution is -2.19. The number of amidine groups is 1. The highest BCUT2D eigenvalue weighted by Crippen LogP contribution is 2.33. The molecule has 1 aliphatic rings. The largest absolute Gasteiger partial charge is 0.496 e. The number of amides is 1. The van der Waals surface area contributed by atoms with Crippen LogP contribution in [0.2, 0.25) is 5.02 Å². The highest BCUT2D eigenvalue weighted by Gasteiger charge is 2.25. The smallest absolute Gasteiger partial charge is 0.270 e. The minimum absolute atomic E-state index is 0.0917. The SMILES string of the molecule is COc1ccc([N+](=O)[O-])cc1C=C1SC(=Nc2ccccc2Cl)NC1=O. The van der Waals surface area contributed by atoms with E-state index >= 15 is 0 Å².